The van der Waals surface area contributed by atoms with Crippen molar-refractivity contribution in [2.75, 3.05) is 26.2 Å². The number of carboxylic acid groups (broad SMARTS) is 1. The van der Waals surface area contributed by atoms with E-state index in [1.165, 1.54) is 11.8 Å². The Kier molecular flexibility index (Phi) is 8.94. The molecule has 1 aliphatic heterocycles. The van der Waals surface area contributed by atoms with Gasteiger partial charge in [0, 0.05) is 45.4 Å². The molecule has 0 saturated carbocycles. The minimum absolute atomic E-state index is 0.0695. The lowest BCUT2D eigenvalue weighted by Crippen LogP contribution is -2.43. The second-order valence-corrected chi connectivity index (χ2v) is 6.36. The fourth-order valence-corrected chi connectivity index (χ4v) is 3.01. The highest BCUT2D eigenvalue weighted by molar-refractivity contribution is 5.83. The summed E-state index contributed by atoms with van der Waals surface area (Å²) in [6.07, 6.45) is 3.15. The average molecular weight is 355 g/mol. The predicted molar refractivity (Wildman–Crippen MR) is 91.8 cm³/mol. The van der Waals surface area contributed by atoms with Gasteiger partial charge in [-0.2, -0.15) is 0 Å². The fraction of sp³-hybridized carbons (Fsp3) is 0.765. The molecule has 0 spiro atoms. The monoisotopic (exact) mass is 355 g/mol. The minimum atomic E-state index is -1.04. The summed E-state index contributed by atoms with van der Waals surface area (Å²) in [5.41, 5.74) is 0. The molecule has 142 valence electrons. The van der Waals surface area contributed by atoms with Crippen LogP contribution in [0.1, 0.15) is 52.4 Å². The van der Waals surface area contributed by atoms with Crippen molar-refractivity contribution in [1.29, 1.82) is 0 Å². The van der Waals surface area contributed by atoms with Gasteiger partial charge in [0.25, 0.3) is 0 Å². The number of hydrogen-bond donors (Lipinski definition) is 2. The lowest BCUT2D eigenvalue weighted by molar-refractivity contribution is -0.145. The van der Waals surface area contributed by atoms with Crippen molar-refractivity contribution >= 4 is 23.7 Å². The van der Waals surface area contributed by atoms with Crippen molar-refractivity contribution in [3.8, 4) is 0 Å². The molecular formula is C17H29N3O5. The van der Waals surface area contributed by atoms with Gasteiger partial charge in [-0.15, -0.1) is 0 Å². The minimum Gasteiger partial charge on any atom is -0.480 e. The van der Waals surface area contributed by atoms with Crippen molar-refractivity contribution in [2.24, 2.45) is 0 Å². The standard InChI is InChI=1S/C17H29N3O5/c1-3-9-18-15(22)6-7-16(23)19-10-4-5-14(8-11-19)20(13(2)21)12-17(24)25/h14H,3-12H2,1-2H3,(H,18,22)(H,24,25). The average Bonchev–Trinajstić information content (AvgIpc) is 2.81. The molecule has 1 aliphatic rings. The molecule has 0 aliphatic carbocycles. The Morgan fingerprint density at radius 2 is 1.88 bits per heavy atom. The predicted octanol–water partition coefficient (Wildman–Crippen LogP) is 0.607. The summed E-state index contributed by atoms with van der Waals surface area (Å²) in [6, 6.07) is -0.167. The first-order valence-corrected chi connectivity index (χ1v) is 8.88. The van der Waals surface area contributed by atoms with E-state index in [0.717, 1.165) is 6.42 Å². The zero-order valence-electron chi connectivity index (χ0n) is 15.1. The van der Waals surface area contributed by atoms with Gasteiger partial charge in [0.1, 0.15) is 6.54 Å². The van der Waals surface area contributed by atoms with Crippen LogP contribution in [0.2, 0.25) is 0 Å². The van der Waals surface area contributed by atoms with E-state index in [2.05, 4.69) is 5.32 Å². The second kappa shape index (κ2) is 10.7. The van der Waals surface area contributed by atoms with Crippen LogP contribution in [0, 0.1) is 0 Å². The lowest BCUT2D eigenvalue weighted by Gasteiger charge is -2.28. The number of nitrogens with zero attached hydrogens (tertiary/aromatic N) is 2. The third kappa shape index (κ3) is 7.53. The van der Waals surface area contributed by atoms with E-state index in [-0.39, 0.29) is 43.1 Å². The van der Waals surface area contributed by atoms with Crippen molar-refractivity contribution < 1.29 is 24.3 Å². The number of likely N-dealkylation sites (tertiary alicyclic amines) is 1. The number of hydrogen-bond acceptors (Lipinski definition) is 4. The molecule has 1 unspecified atom stereocenters. The maximum Gasteiger partial charge on any atom is 0.323 e. The normalized spacial score (nSPS) is 17.5. The molecule has 3 amide bonds. The van der Waals surface area contributed by atoms with Crippen LogP contribution < -0.4 is 5.32 Å². The molecule has 8 nitrogen and oxygen atoms in total. The van der Waals surface area contributed by atoms with E-state index < -0.39 is 5.97 Å². The fourth-order valence-electron chi connectivity index (χ4n) is 3.01. The van der Waals surface area contributed by atoms with Crippen LogP contribution in [0.4, 0.5) is 0 Å². The molecule has 0 aromatic heterocycles. The Morgan fingerprint density at radius 3 is 2.48 bits per heavy atom. The molecule has 1 fully saturated rings. The zero-order valence-corrected chi connectivity index (χ0v) is 15.1. The van der Waals surface area contributed by atoms with Crippen molar-refractivity contribution in [2.45, 2.75) is 58.4 Å². The molecular weight excluding hydrogens is 326 g/mol. The van der Waals surface area contributed by atoms with Crippen molar-refractivity contribution in [1.82, 2.24) is 15.1 Å². The van der Waals surface area contributed by atoms with E-state index in [9.17, 15) is 19.2 Å². The van der Waals surface area contributed by atoms with Gasteiger partial charge in [0.15, 0.2) is 0 Å². The molecule has 8 heteroatoms. The smallest absolute Gasteiger partial charge is 0.323 e. The number of amides is 3. The summed E-state index contributed by atoms with van der Waals surface area (Å²) >= 11 is 0. The second-order valence-electron chi connectivity index (χ2n) is 6.36. The summed E-state index contributed by atoms with van der Waals surface area (Å²) in [7, 11) is 0. The van der Waals surface area contributed by atoms with E-state index in [0.29, 0.717) is 38.9 Å². The number of carboxylic acids is 1. The zero-order chi connectivity index (χ0) is 18.8. The molecule has 2 N–H and O–H groups in total. The number of carbonyl (C=O) groups is 4. The first-order valence-electron chi connectivity index (χ1n) is 8.88. The van der Waals surface area contributed by atoms with Crippen LogP contribution >= 0.6 is 0 Å². The van der Waals surface area contributed by atoms with Crippen LogP contribution in [-0.2, 0) is 19.2 Å². The highest BCUT2D eigenvalue weighted by Crippen LogP contribution is 2.18. The van der Waals surface area contributed by atoms with Crippen LogP contribution in [0.25, 0.3) is 0 Å². The van der Waals surface area contributed by atoms with Gasteiger partial charge in [-0.3, -0.25) is 19.2 Å². The maximum absolute atomic E-state index is 12.3. The molecule has 1 rings (SSSR count). The molecule has 0 aromatic rings. The Labute approximate surface area is 148 Å². The molecule has 0 radical (unpaired) electrons. The maximum atomic E-state index is 12.3. The highest BCUT2D eigenvalue weighted by Gasteiger charge is 2.27. The number of aliphatic carboxylic acids is 1. The van der Waals surface area contributed by atoms with Gasteiger partial charge in [-0.1, -0.05) is 6.92 Å². The summed E-state index contributed by atoms with van der Waals surface area (Å²) in [6.45, 7) is 4.68. The highest BCUT2D eigenvalue weighted by atomic mass is 16.4. The Bertz CT molecular complexity index is 495. The number of rotatable bonds is 8. The molecule has 25 heavy (non-hydrogen) atoms. The topological polar surface area (TPSA) is 107 Å². The Hall–Kier alpha value is -2.12. The molecule has 1 heterocycles. The van der Waals surface area contributed by atoms with E-state index >= 15 is 0 Å². The molecule has 0 aromatic carbocycles. The van der Waals surface area contributed by atoms with Gasteiger partial charge < -0.3 is 20.2 Å². The van der Waals surface area contributed by atoms with Gasteiger partial charge in [-0.05, 0) is 25.7 Å². The van der Waals surface area contributed by atoms with Crippen molar-refractivity contribution in [3.05, 3.63) is 0 Å². The Balaban J connectivity index is 2.50. The summed E-state index contributed by atoms with van der Waals surface area (Å²) < 4.78 is 0. The third-order valence-corrected chi connectivity index (χ3v) is 4.34. The summed E-state index contributed by atoms with van der Waals surface area (Å²) in [4.78, 5) is 49.6. The number of carbonyl (C=O) groups excluding carboxylic acids is 3. The molecule has 1 saturated heterocycles. The quantitative estimate of drug-likeness (QED) is 0.663. The summed E-state index contributed by atoms with van der Waals surface area (Å²) in [5.74, 6) is -1.49. The van der Waals surface area contributed by atoms with Gasteiger partial charge in [-0.25, -0.2) is 0 Å². The third-order valence-electron chi connectivity index (χ3n) is 4.34. The van der Waals surface area contributed by atoms with Crippen molar-refractivity contribution in [3.63, 3.8) is 0 Å². The SMILES string of the molecule is CCCNC(=O)CCC(=O)N1CCCC(N(CC(=O)O)C(C)=O)CC1. The van der Waals surface area contributed by atoms with E-state index in [1.807, 2.05) is 6.92 Å². The molecule has 0 bridgehead atoms. The first-order chi connectivity index (χ1) is 11.8. The lowest BCUT2D eigenvalue weighted by atomic mass is 10.1. The first kappa shape index (κ1) is 20.9. The number of nitrogens with one attached hydrogen (secondary N) is 1. The van der Waals surface area contributed by atoms with Crippen LogP contribution in [-0.4, -0.2) is 70.8 Å². The molecule has 1 atom stereocenters. The van der Waals surface area contributed by atoms with E-state index in [4.69, 9.17) is 5.11 Å². The van der Waals surface area contributed by atoms with Gasteiger partial charge >= 0.3 is 5.97 Å². The van der Waals surface area contributed by atoms with Gasteiger partial charge in [0.2, 0.25) is 17.7 Å². The van der Waals surface area contributed by atoms with E-state index in [1.54, 1.807) is 4.90 Å². The summed E-state index contributed by atoms with van der Waals surface area (Å²) in [5, 5.41) is 11.7. The Morgan fingerprint density at radius 1 is 1.16 bits per heavy atom. The largest absolute Gasteiger partial charge is 0.480 e. The van der Waals surface area contributed by atoms with Crippen LogP contribution in [0.15, 0.2) is 0 Å². The van der Waals surface area contributed by atoms with Gasteiger partial charge in [0.05, 0.1) is 0 Å². The van der Waals surface area contributed by atoms with Crippen LogP contribution in [0.3, 0.4) is 0 Å². The van der Waals surface area contributed by atoms with Crippen LogP contribution in [0.5, 0.6) is 0 Å².